The van der Waals surface area contributed by atoms with Crippen molar-refractivity contribution in [2.75, 3.05) is 33.2 Å². The number of nitrogens with zero attached hydrogens (tertiary/aromatic N) is 1. The van der Waals surface area contributed by atoms with Gasteiger partial charge in [-0.1, -0.05) is 0 Å². The van der Waals surface area contributed by atoms with E-state index in [0.717, 1.165) is 32.9 Å². The van der Waals surface area contributed by atoms with Crippen molar-refractivity contribution in [1.82, 2.24) is 11.1 Å². The minimum Gasteiger partial charge on any atom is -0.481 e. The largest absolute Gasteiger partial charge is 0.481 e. The van der Waals surface area contributed by atoms with Gasteiger partial charge in [-0.2, -0.15) is 0 Å². The van der Waals surface area contributed by atoms with Gasteiger partial charge >= 0.3 is 0 Å². The van der Waals surface area contributed by atoms with Gasteiger partial charge < -0.3 is 27.6 Å². The van der Waals surface area contributed by atoms with E-state index in [9.17, 15) is 0 Å². The van der Waals surface area contributed by atoms with Crippen LogP contribution >= 0.6 is 0 Å². The summed E-state index contributed by atoms with van der Waals surface area (Å²) in [4.78, 5) is 11.4. The Labute approximate surface area is 105 Å². The topological polar surface area (TPSA) is 128 Å². The number of unbranched alkanes of at least 4 members (excludes halogenated alkanes) is 1. The lowest BCUT2D eigenvalue weighted by molar-refractivity contribution is -0.134. The van der Waals surface area contributed by atoms with Crippen molar-refractivity contribution in [3.8, 4) is 0 Å². The van der Waals surface area contributed by atoms with E-state index in [2.05, 4.69) is 11.9 Å². The highest BCUT2D eigenvalue weighted by atomic mass is 16.4. The molecule has 6 heteroatoms. The molecule has 1 aliphatic heterocycles. The van der Waals surface area contributed by atoms with Crippen molar-refractivity contribution in [2.24, 2.45) is 11.5 Å². The third-order valence-electron chi connectivity index (χ3n) is 1.99. The first kappa shape index (κ1) is 21.6. The Bertz CT molecular complexity index is 142. The first-order valence-corrected chi connectivity index (χ1v) is 5.82. The molecular weight excluding hydrogens is 220 g/mol. The van der Waals surface area contributed by atoms with Gasteiger partial charge in [0.2, 0.25) is 0 Å². The average molecular weight is 250 g/mol. The number of hydrogen-bond donors (Lipinski definition) is 4. The lowest BCUT2D eigenvalue weighted by Gasteiger charge is -2.01. The molecular formula is C11H30N4O2. The molecule has 0 bridgehead atoms. The number of nitrogens with two attached hydrogens (primary N) is 2. The maximum absolute atomic E-state index is 9.00. The normalized spacial score (nSPS) is 13.6. The van der Waals surface area contributed by atoms with Crippen LogP contribution < -0.4 is 17.6 Å². The molecule has 1 saturated heterocycles. The van der Waals surface area contributed by atoms with E-state index in [1.165, 1.54) is 25.9 Å². The molecule has 1 fully saturated rings. The van der Waals surface area contributed by atoms with E-state index in [1.54, 1.807) is 0 Å². The predicted octanol–water partition coefficient (Wildman–Crippen LogP) is 0.649. The van der Waals surface area contributed by atoms with Crippen molar-refractivity contribution >= 4 is 5.97 Å². The first-order valence-electron chi connectivity index (χ1n) is 5.82. The summed E-state index contributed by atoms with van der Waals surface area (Å²) in [6.45, 7) is 5.27. The fourth-order valence-corrected chi connectivity index (χ4v) is 1.16. The SMILES string of the molecule is CC(=O)O.CN1CCCC1.N.NCCCCN. The molecule has 0 spiro atoms. The maximum atomic E-state index is 9.00. The number of carboxylic acid groups (broad SMARTS) is 1. The zero-order chi connectivity index (χ0) is 12.8. The smallest absolute Gasteiger partial charge is 0.300 e. The number of hydrogen-bond acceptors (Lipinski definition) is 5. The second-order valence-electron chi connectivity index (χ2n) is 3.81. The highest BCUT2D eigenvalue weighted by Gasteiger charge is 2.03. The lowest BCUT2D eigenvalue weighted by atomic mass is 10.3. The first-order chi connectivity index (χ1) is 7.54. The Morgan fingerprint density at radius 2 is 1.47 bits per heavy atom. The third-order valence-corrected chi connectivity index (χ3v) is 1.99. The molecule has 0 aromatic rings. The Kier molecular flexibility index (Phi) is 22.5. The van der Waals surface area contributed by atoms with Crippen LogP contribution in [0.25, 0.3) is 0 Å². The Morgan fingerprint density at radius 1 is 1.18 bits per heavy atom. The highest BCUT2D eigenvalue weighted by Crippen LogP contribution is 2.02. The summed E-state index contributed by atoms with van der Waals surface area (Å²) in [5.74, 6) is -0.833. The fraction of sp³-hybridized carbons (Fsp3) is 0.909. The standard InChI is InChI=1S/C5H11N.C4H12N2.C2H4O2.H3N/c1-6-4-2-3-5-6;5-3-1-2-4-6;1-2(3)4;/h2-5H2,1H3;1-6H2;1H3,(H,3,4);1H3. The second-order valence-corrected chi connectivity index (χ2v) is 3.81. The third kappa shape index (κ3) is 31.3. The van der Waals surface area contributed by atoms with Crippen LogP contribution in [0.3, 0.4) is 0 Å². The molecule has 0 aliphatic carbocycles. The van der Waals surface area contributed by atoms with Crippen molar-refractivity contribution in [3.63, 3.8) is 0 Å². The molecule has 1 aliphatic rings. The summed E-state index contributed by atoms with van der Waals surface area (Å²) < 4.78 is 0. The lowest BCUT2D eigenvalue weighted by Crippen LogP contribution is -2.10. The molecule has 0 aromatic carbocycles. The van der Waals surface area contributed by atoms with Crippen LogP contribution in [0.1, 0.15) is 32.6 Å². The average Bonchev–Trinajstić information content (AvgIpc) is 2.66. The molecule has 17 heavy (non-hydrogen) atoms. The summed E-state index contributed by atoms with van der Waals surface area (Å²) in [6.07, 6.45) is 4.96. The van der Waals surface area contributed by atoms with Gasteiger partial charge in [0.25, 0.3) is 5.97 Å². The maximum Gasteiger partial charge on any atom is 0.300 e. The van der Waals surface area contributed by atoms with E-state index in [0.29, 0.717) is 0 Å². The molecule has 0 radical (unpaired) electrons. The Morgan fingerprint density at radius 3 is 1.59 bits per heavy atom. The minimum absolute atomic E-state index is 0. The Balaban J connectivity index is -0.000000172. The van der Waals surface area contributed by atoms with Crippen LogP contribution in [0, 0.1) is 0 Å². The van der Waals surface area contributed by atoms with Gasteiger partial charge in [0.1, 0.15) is 0 Å². The number of rotatable bonds is 3. The van der Waals surface area contributed by atoms with Crippen molar-refractivity contribution < 1.29 is 9.90 Å². The molecule has 0 aromatic heterocycles. The van der Waals surface area contributed by atoms with Gasteiger partial charge in [0.05, 0.1) is 0 Å². The summed E-state index contributed by atoms with van der Waals surface area (Å²) >= 11 is 0. The molecule has 0 saturated carbocycles. The quantitative estimate of drug-likeness (QED) is 0.544. The van der Waals surface area contributed by atoms with Crippen LogP contribution in [-0.2, 0) is 4.79 Å². The van der Waals surface area contributed by atoms with Gasteiger partial charge in [0, 0.05) is 6.92 Å². The van der Waals surface area contributed by atoms with Crippen LogP contribution in [0.5, 0.6) is 0 Å². The molecule has 6 nitrogen and oxygen atoms in total. The summed E-state index contributed by atoms with van der Waals surface area (Å²) in [6, 6.07) is 0. The molecule has 0 atom stereocenters. The van der Waals surface area contributed by atoms with Gasteiger partial charge in [-0.25, -0.2) is 0 Å². The molecule has 106 valence electrons. The van der Waals surface area contributed by atoms with E-state index in [4.69, 9.17) is 21.4 Å². The van der Waals surface area contributed by atoms with Crippen LogP contribution in [0.2, 0.25) is 0 Å². The molecule has 0 unspecified atom stereocenters. The molecule has 0 amide bonds. The van der Waals surface area contributed by atoms with E-state index >= 15 is 0 Å². The monoisotopic (exact) mass is 250 g/mol. The van der Waals surface area contributed by atoms with Crippen molar-refractivity contribution in [2.45, 2.75) is 32.6 Å². The minimum atomic E-state index is -0.833. The number of carbonyl (C=O) groups is 1. The fourth-order valence-electron chi connectivity index (χ4n) is 1.16. The van der Waals surface area contributed by atoms with Gasteiger partial charge in [-0.05, 0) is 58.9 Å². The van der Waals surface area contributed by atoms with Crippen molar-refractivity contribution in [1.29, 1.82) is 0 Å². The van der Waals surface area contributed by atoms with Gasteiger partial charge in [0.15, 0.2) is 0 Å². The van der Waals surface area contributed by atoms with E-state index in [1.807, 2.05) is 0 Å². The summed E-state index contributed by atoms with van der Waals surface area (Å²) in [7, 11) is 2.17. The predicted molar refractivity (Wildman–Crippen MR) is 72.4 cm³/mol. The van der Waals surface area contributed by atoms with Gasteiger partial charge in [-0.15, -0.1) is 0 Å². The number of aliphatic carboxylic acids is 1. The Hall–Kier alpha value is -0.690. The number of carboxylic acids is 1. The highest BCUT2D eigenvalue weighted by molar-refractivity contribution is 5.62. The van der Waals surface area contributed by atoms with Crippen LogP contribution in [-0.4, -0.2) is 49.2 Å². The van der Waals surface area contributed by atoms with E-state index in [-0.39, 0.29) is 6.15 Å². The molecule has 8 N–H and O–H groups in total. The summed E-state index contributed by atoms with van der Waals surface area (Å²) in [5, 5.41) is 7.42. The van der Waals surface area contributed by atoms with Crippen LogP contribution in [0.15, 0.2) is 0 Å². The number of likely N-dealkylation sites (tertiary alicyclic amines) is 1. The van der Waals surface area contributed by atoms with Crippen LogP contribution in [0.4, 0.5) is 0 Å². The van der Waals surface area contributed by atoms with Crippen molar-refractivity contribution in [3.05, 3.63) is 0 Å². The second kappa shape index (κ2) is 17.7. The molecule has 1 heterocycles. The van der Waals surface area contributed by atoms with E-state index < -0.39 is 5.97 Å². The zero-order valence-electron chi connectivity index (χ0n) is 11.3. The van der Waals surface area contributed by atoms with Gasteiger partial charge in [-0.3, -0.25) is 4.79 Å². The zero-order valence-corrected chi connectivity index (χ0v) is 11.3. The summed E-state index contributed by atoms with van der Waals surface area (Å²) in [5.41, 5.74) is 10.3. The molecule has 1 rings (SSSR count).